The highest BCUT2D eigenvalue weighted by molar-refractivity contribution is 6.27. The monoisotopic (exact) mass is 402 g/mol. The van der Waals surface area contributed by atoms with Gasteiger partial charge in [-0.1, -0.05) is 49.1 Å². The number of aryl methyl sites for hydroxylation is 1. The Morgan fingerprint density at radius 1 is 1.18 bits per heavy atom. The predicted octanol–water partition coefficient (Wildman–Crippen LogP) is 4.35. The van der Waals surface area contributed by atoms with Gasteiger partial charge in [-0.2, -0.15) is 0 Å². The summed E-state index contributed by atoms with van der Waals surface area (Å²) in [5.41, 5.74) is 1.86. The number of hydrogen-bond acceptors (Lipinski definition) is 3. The van der Waals surface area contributed by atoms with E-state index in [-0.39, 0.29) is 30.3 Å². The molecule has 1 N–H and O–H groups in total. The summed E-state index contributed by atoms with van der Waals surface area (Å²) in [5.74, 6) is -0.0518. The second kappa shape index (κ2) is 9.78. The number of halogens is 1. The number of nitrogens with zero attached hydrogens (tertiary/aromatic N) is 1. The fraction of sp³-hybridized carbons (Fsp3) is 0.455. The first-order valence-corrected chi connectivity index (χ1v) is 10.4. The van der Waals surface area contributed by atoms with Crippen molar-refractivity contribution in [2.24, 2.45) is 0 Å². The Balaban J connectivity index is 1.90. The minimum Gasteiger partial charge on any atom is -0.467 e. The van der Waals surface area contributed by atoms with Crippen molar-refractivity contribution < 1.29 is 14.0 Å². The third-order valence-corrected chi connectivity index (χ3v) is 5.47. The lowest BCUT2D eigenvalue weighted by molar-refractivity contribution is -0.140. The Bertz CT molecular complexity index is 768. The van der Waals surface area contributed by atoms with Gasteiger partial charge in [-0.3, -0.25) is 9.59 Å². The van der Waals surface area contributed by atoms with Crippen molar-refractivity contribution in [3.05, 3.63) is 59.5 Å². The van der Waals surface area contributed by atoms with Crippen molar-refractivity contribution in [2.75, 3.05) is 5.88 Å². The molecule has 0 spiro atoms. The molecule has 0 radical (unpaired) electrons. The highest BCUT2D eigenvalue weighted by Gasteiger charge is 2.33. The Kier molecular flexibility index (Phi) is 7.15. The maximum absolute atomic E-state index is 13.3. The Morgan fingerprint density at radius 2 is 1.89 bits per heavy atom. The second-order valence-corrected chi connectivity index (χ2v) is 7.66. The molecule has 6 heteroatoms. The molecule has 28 heavy (non-hydrogen) atoms. The molecule has 1 atom stereocenters. The topological polar surface area (TPSA) is 62.6 Å². The smallest absolute Gasteiger partial charge is 0.247 e. The number of amides is 2. The van der Waals surface area contributed by atoms with E-state index in [1.54, 1.807) is 18.4 Å². The second-order valence-electron chi connectivity index (χ2n) is 7.39. The quantitative estimate of drug-likeness (QED) is 0.700. The molecule has 1 aliphatic rings. The number of furan rings is 1. The number of hydrogen-bond donors (Lipinski definition) is 1. The fourth-order valence-corrected chi connectivity index (χ4v) is 3.87. The Hall–Kier alpha value is -2.27. The highest BCUT2D eigenvalue weighted by Crippen LogP contribution is 2.26. The lowest BCUT2D eigenvalue weighted by atomic mass is 9.94. The van der Waals surface area contributed by atoms with Crippen LogP contribution in [0.2, 0.25) is 0 Å². The predicted molar refractivity (Wildman–Crippen MR) is 109 cm³/mol. The molecule has 0 unspecified atom stereocenters. The SMILES string of the molecule is Cc1ccc([C@@H](C(=O)NC2CCCCC2)N(Cc2ccco2)C(=O)CCl)cc1. The molecular weight excluding hydrogens is 376 g/mol. The van der Waals surface area contributed by atoms with Gasteiger partial charge >= 0.3 is 0 Å². The third-order valence-electron chi connectivity index (χ3n) is 5.25. The molecule has 0 saturated heterocycles. The summed E-state index contributed by atoms with van der Waals surface area (Å²) >= 11 is 5.89. The highest BCUT2D eigenvalue weighted by atomic mass is 35.5. The average Bonchev–Trinajstić information content (AvgIpc) is 3.22. The lowest BCUT2D eigenvalue weighted by Crippen LogP contribution is -2.47. The molecule has 2 amide bonds. The van der Waals surface area contributed by atoms with Gasteiger partial charge in [0, 0.05) is 6.04 Å². The van der Waals surface area contributed by atoms with Crippen molar-refractivity contribution in [3.63, 3.8) is 0 Å². The largest absolute Gasteiger partial charge is 0.467 e. The van der Waals surface area contributed by atoms with Crippen LogP contribution >= 0.6 is 11.6 Å². The molecule has 0 aliphatic heterocycles. The lowest BCUT2D eigenvalue weighted by Gasteiger charge is -2.32. The van der Waals surface area contributed by atoms with Crippen LogP contribution in [0.15, 0.2) is 47.1 Å². The fourth-order valence-electron chi connectivity index (χ4n) is 3.72. The summed E-state index contributed by atoms with van der Waals surface area (Å²) in [5, 5.41) is 3.16. The van der Waals surface area contributed by atoms with Crippen molar-refractivity contribution in [2.45, 2.75) is 57.7 Å². The van der Waals surface area contributed by atoms with Gasteiger partial charge in [-0.15, -0.1) is 11.6 Å². The van der Waals surface area contributed by atoms with Crippen LogP contribution in [0, 0.1) is 6.92 Å². The molecule has 1 aromatic heterocycles. The number of alkyl halides is 1. The standard InChI is InChI=1S/C22H27ClN2O3/c1-16-9-11-17(12-10-16)21(22(27)24-18-6-3-2-4-7-18)25(20(26)14-23)15-19-8-5-13-28-19/h5,8-13,18,21H,2-4,6-7,14-15H2,1H3,(H,24,27)/t21-/m0/s1. The molecule has 1 aliphatic carbocycles. The van der Waals surface area contributed by atoms with Crippen LogP contribution < -0.4 is 5.32 Å². The zero-order valence-corrected chi connectivity index (χ0v) is 17.0. The summed E-state index contributed by atoms with van der Waals surface area (Å²) < 4.78 is 5.42. The van der Waals surface area contributed by atoms with E-state index in [0.29, 0.717) is 5.76 Å². The van der Waals surface area contributed by atoms with E-state index in [0.717, 1.165) is 36.8 Å². The van der Waals surface area contributed by atoms with Crippen LogP contribution in [0.4, 0.5) is 0 Å². The number of carbonyl (C=O) groups is 2. The first-order chi connectivity index (χ1) is 13.6. The van der Waals surface area contributed by atoms with Gasteiger partial charge in [-0.05, 0) is 37.5 Å². The van der Waals surface area contributed by atoms with Crippen LogP contribution in [-0.4, -0.2) is 28.6 Å². The van der Waals surface area contributed by atoms with Crippen LogP contribution in [0.25, 0.3) is 0 Å². The van der Waals surface area contributed by atoms with E-state index in [4.69, 9.17) is 16.0 Å². The maximum Gasteiger partial charge on any atom is 0.247 e. The summed E-state index contributed by atoms with van der Waals surface area (Å²) in [6, 6.07) is 10.7. The summed E-state index contributed by atoms with van der Waals surface area (Å²) in [6.07, 6.45) is 6.97. The molecule has 1 heterocycles. The Morgan fingerprint density at radius 3 is 2.50 bits per heavy atom. The number of carbonyl (C=O) groups excluding carboxylic acids is 2. The van der Waals surface area contributed by atoms with Crippen LogP contribution in [-0.2, 0) is 16.1 Å². The van der Waals surface area contributed by atoms with Crippen molar-refractivity contribution in [1.29, 1.82) is 0 Å². The first kappa shape index (κ1) is 20.5. The van der Waals surface area contributed by atoms with E-state index in [2.05, 4.69) is 5.32 Å². The van der Waals surface area contributed by atoms with E-state index in [9.17, 15) is 9.59 Å². The molecule has 2 aromatic rings. The molecule has 150 valence electrons. The average molecular weight is 403 g/mol. The molecule has 1 aromatic carbocycles. The summed E-state index contributed by atoms with van der Waals surface area (Å²) in [6.45, 7) is 2.18. The molecular formula is C22H27ClN2O3. The first-order valence-electron chi connectivity index (χ1n) is 9.83. The molecule has 1 saturated carbocycles. The van der Waals surface area contributed by atoms with Gasteiger partial charge < -0.3 is 14.6 Å². The zero-order chi connectivity index (χ0) is 19.9. The van der Waals surface area contributed by atoms with Gasteiger partial charge in [0.1, 0.15) is 17.7 Å². The van der Waals surface area contributed by atoms with Crippen molar-refractivity contribution in [3.8, 4) is 0 Å². The number of nitrogens with one attached hydrogen (secondary N) is 1. The van der Waals surface area contributed by atoms with Crippen molar-refractivity contribution >= 4 is 23.4 Å². The van der Waals surface area contributed by atoms with Crippen molar-refractivity contribution in [1.82, 2.24) is 10.2 Å². The van der Waals surface area contributed by atoms with Crippen LogP contribution in [0.3, 0.4) is 0 Å². The molecule has 3 rings (SSSR count). The zero-order valence-electron chi connectivity index (χ0n) is 16.2. The van der Waals surface area contributed by atoms with Gasteiger partial charge in [0.25, 0.3) is 0 Å². The molecule has 0 bridgehead atoms. The number of benzene rings is 1. The minimum absolute atomic E-state index is 0.158. The maximum atomic E-state index is 13.3. The molecule has 5 nitrogen and oxygen atoms in total. The minimum atomic E-state index is -0.751. The van der Waals surface area contributed by atoms with E-state index in [1.165, 1.54) is 11.3 Å². The van der Waals surface area contributed by atoms with Gasteiger partial charge in [-0.25, -0.2) is 0 Å². The number of rotatable bonds is 7. The van der Waals surface area contributed by atoms with Gasteiger partial charge in [0.15, 0.2) is 0 Å². The van der Waals surface area contributed by atoms with Gasteiger partial charge in [0.2, 0.25) is 11.8 Å². The third kappa shape index (κ3) is 5.16. The van der Waals surface area contributed by atoms with Gasteiger partial charge in [0.05, 0.1) is 12.8 Å². The summed E-state index contributed by atoms with van der Waals surface area (Å²) in [7, 11) is 0. The summed E-state index contributed by atoms with van der Waals surface area (Å²) in [4.78, 5) is 27.5. The van der Waals surface area contributed by atoms with Crippen LogP contribution in [0.5, 0.6) is 0 Å². The van der Waals surface area contributed by atoms with E-state index >= 15 is 0 Å². The van der Waals surface area contributed by atoms with E-state index in [1.807, 2.05) is 31.2 Å². The normalized spacial score (nSPS) is 15.8. The Labute approximate surface area is 171 Å². The molecule has 1 fully saturated rings. The van der Waals surface area contributed by atoms with Crippen LogP contribution in [0.1, 0.15) is 55.0 Å². The van der Waals surface area contributed by atoms with E-state index < -0.39 is 6.04 Å².